The summed E-state index contributed by atoms with van der Waals surface area (Å²) in [4.78, 5) is 21.8. The Morgan fingerprint density at radius 2 is 2.00 bits per heavy atom. The molecule has 8 heteroatoms. The minimum absolute atomic E-state index is 0.0152. The number of benzene rings is 2. The zero-order valence-electron chi connectivity index (χ0n) is 12.9. The molecule has 0 heterocycles. The predicted molar refractivity (Wildman–Crippen MR) is 90.2 cm³/mol. The molecule has 2 rings (SSSR count). The van der Waals surface area contributed by atoms with E-state index in [9.17, 15) is 20.0 Å². The molecule has 0 saturated carbocycles. The maximum atomic E-state index is 11.7. The first-order chi connectivity index (χ1) is 11.5. The number of carbonyl (C=O) groups is 1. The topological polar surface area (TPSA) is 117 Å². The third-order valence-electron chi connectivity index (χ3n) is 3.12. The van der Waals surface area contributed by atoms with E-state index in [4.69, 9.17) is 0 Å². The molecule has 24 heavy (non-hydrogen) atoms. The van der Waals surface area contributed by atoms with Gasteiger partial charge in [-0.1, -0.05) is 17.7 Å². The third kappa shape index (κ3) is 4.80. The summed E-state index contributed by atoms with van der Waals surface area (Å²) < 4.78 is 0. The molecule has 124 valence electrons. The second-order valence-corrected chi connectivity index (χ2v) is 5.01. The van der Waals surface area contributed by atoms with Gasteiger partial charge in [-0.25, -0.2) is 5.43 Å². The summed E-state index contributed by atoms with van der Waals surface area (Å²) in [7, 11) is 0. The largest absolute Gasteiger partial charge is 0.507 e. The van der Waals surface area contributed by atoms with E-state index in [2.05, 4.69) is 15.8 Å². The first kappa shape index (κ1) is 16.9. The van der Waals surface area contributed by atoms with Crippen molar-refractivity contribution in [3.63, 3.8) is 0 Å². The van der Waals surface area contributed by atoms with E-state index in [0.29, 0.717) is 0 Å². The van der Waals surface area contributed by atoms with Gasteiger partial charge in [-0.05, 0) is 25.1 Å². The zero-order chi connectivity index (χ0) is 17.5. The molecule has 2 aromatic carbocycles. The second-order valence-electron chi connectivity index (χ2n) is 5.01. The molecule has 8 nitrogen and oxygen atoms in total. The van der Waals surface area contributed by atoms with Gasteiger partial charge in [-0.3, -0.25) is 14.9 Å². The number of phenols is 1. The van der Waals surface area contributed by atoms with Crippen LogP contribution in [0, 0.1) is 17.0 Å². The molecular formula is C16H16N4O4. The maximum absolute atomic E-state index is 11.7. The average Bonchev–Trinajstić information content (AvgIpc) is 2.56. The number of amides is 1. The predicted octanol–water partition coefficient (Wildman–Crippen LogP) is 2.17. The number of aryl methyl sites for hydroxylation is 1. The van der Waals surface area contributed by atoms with E-state index in [1.165, 1.54) is 12.1 Å². The van der Waals surface area contributed by atoms with Gasteiger partial charge in [0.05, 0.1) is 17.7 Å². The smallest absolute Gasteiger partial charge is 0.270 e. The molecule has 1 amide bonds. The molecule has 0 aliphatic carbocycles. The number of hydrogen-bond donors (Lipinski definition) is 3. The maximum Gasteiger partial charge on any atom is 0.270 e. The average molecular weight is 328 g/mol. The SMILES string of the molecule is Cc1ccc(NCC(=O)NN=Cc2cc([N+](=O)[O-])ccc2O)cc1. The van der Waals surface area contributed by atoms with Crippen molar-refractivity contribution < 1.29 is 14.8 Å². The van der Waals surface area contributed by atoms with Crippen molar-refractivity contribution in [3.8, 4) is 5.75 Å². The number of nitrogens with one attached hydrogen (secondary N) is 2. The number of hydrazone groups is 1. The highest BCUT2D eigenvalue weighted by Gasteiger charge is 2.08. The van der Waals surface area contributed by atoms with Crippen LogP contribution < -0.4 is 10.7 Å². The van der Waals surface area contributed by atoms with Gasteiger partial charge in [0.15, 0.2) is 0 Å². The van der Waals surface area contributed by atoms with E-state index >= 15 is 0 Å². The Labute approximate surface area is 138 Å². The van der Waals surface area contributed by atoms with E-state index in [-0.39, 0.29) is 23.5 Å². The Morgan fingerprint density at radius 3 is 2.67 bits per heavy atom. The normalized spacial score (nSPS) is 10.5. The van der Waals surface area contributed by atoms with E-state index in [1.807, 2.05) is 31.2 Å². The summed E-state index contributed by atoms with van der Waals surface area (Å²) in [6, 6.07) is 11.1. The zero-order valence-corrected chi connectivity index (χ0v) is 12.9. The van der Waals surface area contributed by atoms with E-state index in [0.717, 1.165) is 23.5 Å². The number of rotatable bonds is 6. The number of aromatic hydroxyl groups is 1. The van der Waals surface area contributed by atoms with Crippen LogP contribution >= 0.6 is 0 Å². The first-order valence-corrected chi connectivity index (χ1v) is 7.05. The van der Waals surface area contributed by atoms with Gasteiger partial charge in [-0.15, -0.1) is 0 Å². The van der Waals surface area contributed by atoms with Gasteiger partial charge in [0.1, 0.15) is 5.75 Å². The molecule has 2 aromatic rings. The van der Waals surface area contributed by atoms with Crippen LogP contribution in [0.15, 0.2) is 47.6 Å². The molecule has 0 aromatic heterocycles. The lowest BCUT2D eigenvalue weighted by molar-refractivity contribution is -0.384. The second kappa shape index (κ2) is 7.73. The summed E-state index contributed by atoms with van der Waals surface area (Å²) in [6.45, 7) is 1.98. The number of nitro benzene ring substituents is 1. The van der Waals surface area contributed by atoms with Gasteiger partial charge in [0, 0.05) is 23.4 Å². The van der Waals surface area contributed by atoms with Gasteiger partial charge >= 0.3 is 0 Å². The minimum atomic E-state index is -0.582. The molecule has 0 aliphatic heterocycles. The number of non-ortho nitro benzene ring substituents is 1. The van der Waals surface area contributed by atoms with Crippen molar-refractivity contribution in [2.45, 2.75) is 6.92 Å². The van der Waals surface area contributed by atoms with Crippen LogP contribution in [0.3, 0.4) is 0 Å². The Balaban J connectivity index is 1.89. The van der Waals surface area contributed by atoms with E-state index < -0.39 is 10.8 Å². The van der Waals surface area contributed by atoms with Gasteiger partial charge < -0.3 is 10.4 Å². The van der Waals surface area contributed by atoms with Crippen LogP contribution in [0.1, 0.15) is 11.1 Å². The van der Waals surface area contributed by atoms with Crippen LogP contribution in [0.5, 0.6) is 5.75 Å². The molecule has 0 bridgehead atoms. The van der Waals surface area contributed by atoms with Crippen molar-refractivity contribution in [2.75, 3.05) is 11.9 Å². The molecule has 0 aliphatic rings. The van der Waals surface area contributed by atoms with Crippen molar-refractivity contribution in [2.24, 2.45) is 5.10 Å². The fourth-order valence-corrected chi connectivity index (χ4v) is 1.83. The molecular weight excluding hydrogens is 312 g/mol. The summed E-state index contributed by atoms with van der Waals surface area (Å²) >= 11 is 0. The molecule has 0 atom stereocenters. The standard InChI is InChI=1S/C16H16N4O4/c1-11-2-4-13(5-3-11)17-10-16(22)19-18-9-12-8-14(20(23)24)6-7-15(12)21/h2-9,17,21H,10H2,1H3,(H,19,22). The number of nitrogens with zero attached hydrogens (tertiary/aromatic N) is 2. The van der Waals surface area contributed by atoms with Crippen LogP contribution in [-0.2, 0) is 4.79 Å². The van der Waals surface area contributed by atoms with Crippen molar-refractivity contribution in [1.29, 1.82) is 0 Å². The Hall–Kier alpha value is -3.42. The third-order valence-corrected chi connectivity index (χ3v) is 3.12. The molecule has 0 fully saturated rings. The van der Waals surface area contributed by atoms with Crippen molar-refractivity contribution in [3.05, 3.63) is 63.7 Å². The molecule has 3 N–H and O–H groups in total. The molecule has 0 radical (unpaired) electrons. The summed E-state index contributed by atoms with van der Waals surface area (Å²) in [5, 5.41) is 26.9. The molecule has 0 unspecified atom stereocenters. The number of carbonyl (C=O) groups excluding carboxylic acids is 1. The summed E-state index contributed by atoms with van der Waals surface area (Å²) in [6.07, 6.45) is 1.14. The fourth-order valence-electron chi connectivity index (χ4n) is 1.83. The van der Waals surface area contributed by atoms with E-state index in [1.54, 1.807) is 0 Å². The minimum Gasteiger partial charge on any atom is -0.507 e. The van der Waals surface area contributed by atoms with Gasteiger partial charge in [0.2, 0.25) is 0 Å². The number of phenolic OH excluding ortho intramolecular Hbond substituents is 1. The Kier molecular flexibility index (Phi) is 5.45. The van der Waals surface area contributed by atoms with Gasteiger partial charge in [0.25, 0.3) is 11.6 Å². The lowest BCUT2D eigenvalue weighted by Gasteiger charge is -2.05. The van der Waals surface area contributed by atoms with Gasteiger partial charge in [-0.2, -0.15) is 5.10 Å². The summed E-state index contributed by atoms with van der Waals surface area (Å²) in [5.74, 6) is -0.562. The first-order valence-electron chi connectivity index (χ1n) is 7.05. The highest BCUT2D eigenvalue weighted by molar-refractivity contribution is 5.86. The quantitative estimate of drug-likeness (QED) is 0.427. The highest BCUT2D eigenvalue weighted by atomic mass is 16.6. The Morgan fingerprint density at radius 1 is 1.29 bits per heavy atom. The number of nitro groups is 1. The lowest BCUT2D eigenvalue weighted by atomic mass is 10.2. The monoisotopic (exact) mass is 328 g/mol. The Bertz CT molecular complexity index is 772. The lowest BCUT2D eigenvalue weighted by Crippen LogP contribution is -2.25. The van der Waals surface area contributed by atoms with Crippen molar-refractivity contribution >= 4 is 23.5 Å². The summed E-state index contributed by atoms with van der Waals surface area (Å²) in [5.41, 5.74) is 4.15. The number of anilines is 1. The highest BCUT2D eigenvalue weighted by Crippen LogP contribution is 2.21. The van der Waals surface area contributed by atoms with Crippen molar-refractivity contribution in [1.82, 2.24) is 5.43 Å². The van der Waals surface area contributed by atoms with Crippen LogP contribution in [0.2, 0.25) is 0 Å². The molecule has 0 saturated heterocycles. The molecule has 0 spiro atoms. The van der Waals surface area contributed by atoms with Crippen LogP contribution in [0.4, 0.5) is 11.4 Å². The number of hydrogen-bond acceptors (Lipinski definition) is 6. The van der Waals surface area contributed by atoms with Crippen LogP contribution in [-0.4, -0.2) is 28.7 Å². The van der Waals surface area contributed by atoms with Crippen LogP contribution in [0.25, 0.3) is 0 Å². The fraction of sp³-hybridized carbons (Fsp3) is 0.125.